The number of nitrogens with zero attached hydrogens (tertiary/aromatic N) is 1. The first-order valence-corrected chi connectivity index (χ1v) is 8.90. The van der Waals surface area contributed by atoms with Crippen molar-refractivity contribution < 1.29 is 24.0 Å². The zero-order valence-electron chi connectivity index (χ0n) is 16.5. The van der Waals surface area contributed by atoms with E-state index in [4.69, 9.17) is 9.47 Å². The van der Waals surface area contributed by atoms with Crippen LogP contribution < -0.4 is 25.4 Å². The fraction of sp³-hybridized carbons (Fsp3) is 0.200. The van der Waals surface area contributed by atoms with Gasteiger partial charge in [-0.3, -0.25) is 14.9 Å². The molecule has 1 aliphatic heterocycles. The SMILES string of the molecule is COc1ccc([C@@H]2NC(=O)NC(C)=C2C(=O)Nc2ccc([N+](=O)[O-])cc2)c(OC)c1. The third-order valence-electron chi connectivity index (χ3n) is 4.60. The van der Waals surface area contributed by atoms with Crippen molar-refractivity contribution in [3.05, 3.63) is 69.4 Å². The van der Waals surface area contributed by atoms with Crippen LogP contribution in [0, 0.1) is 10.1 Å². The van der Waals surface area contributed by atoms with E-state index < -0.39 is 22.9 Å². The largest absolute Gasteiger partial charge is 0.497 e. The first-order valence-electron chi connectivity index (χ1n) is 8.90. The number of methoxy groups -OCH3 is 2. The van der Waals surface area contributed by atoms with Gasteiger partial charge in [0.2, 0.25) is 0 Å². The number of nitro benzene ring substituents is 1. The molecule has 3 N–H and O–H groups in total. The summed E-state index contributed by atoms with van der Waals surface area (Å²) in [4.78, 5) is 35.4. The number of allylic oxidation sites excluding steroid dienone is 1. The van der Waals surface area contributed by atoms with Crippen LogP contribution in [0.3, 0.4) is 0 Å². The Morgan fingerprint density at radius 2 is 1.83 bits per heavy atom. The van der Waals surface area contributed by atoms with Gasteiger partial charge < -0.3 is 25.4 Å². The van der Waals surface area contributed by atoms with Gasteiger partial charge in [0.25, 0.3) is 11.6 Å². The Morgan fingerprint density at radius 3 is 2.43 bits per heavy atom. The molecule has 30 heavy (non-hydrogen) atoms. The fourth-order valence-electron chi connectivity index (χ4n) is 3.15. The van der Waals surface area contributed by atoms with E-state index in [1.807, 2.05) is 0 Å². The molecule has 0 aromatic heterocycles. The summed E-state index contributed by atoms with van der Waals surface area (Å²) >= 11 is 0. The second kappa shape index (κ2) is 8.52. The van der Waals surface area contributed by atoms with Gasteiger partial charge in [0.05, 0.1) is 30.8 Å². The number of nitro groups is 1. The topological polar surface area (TPSA) is 132 Å². The van der Waals surface area contributed by atoms with Gasteiger partial charge in [0.15, 0.2) is 0 Å². The molecular weight excluding hydrogens is 392 g/mol. The molecule has 10 nitrogen and oxygen atoms in total. The van der Waals surface area contributed by atoms with Crippen molar-refractivity contribution in [2.75, 3.05) is 19.5 Å². The van der Waals surface area contributed by atoms with Crippen LogP contribution in [-0.4, -0.2) is 31.1 Å². The molecular formula is C20H20N4O6. The smallest absolute Gasteiger partial charge is 0.319 e. The number of hydrogen-bond donors (Lipinski definition) is 3. The Morgan fingerprint density at radius 1 is 1.13 bits per heavy atom. The van der Waals surface area contributed by atoms with Crippen LogP contribution in [0.1, 0.15) is 18.5 Å². The van der Waals surface area contributed by atoms with E-state index in [1.165, 1.54) is 38.5 Å². The average Bonchev–Trinajstić information content (AvgIpc) is 2.72. The molecule has 0 aliphatic carbocycles. The minimum atomic E-state index is -0.780. The van der Waals surface area contributed by atoms with Gasteiger partial charge in [0, 0.05) is 35.1 Å². The molecule has 0 spiro atoms. The van der Waals surface area contributed by atoms with E-state index in [0.717, 1.165) is 0 Å². The third kappa shape index (κ3) is 4.17. The fourth-order valence-corrected chi connectivity index (χ4v) is 3.15. The summed E-state index contributed by atoms with van der Waals surface area (Å²) in [6.45, 7) is 1.62. The number of anilines is 1. The molecule has 0 bridgehead atoms. The highest BCUT2D eigenvalue weighted by atomic mass is 16.6. The number of carbonyl (C=O) groups is 2. The minimum Gasteiger partial charge on any atom is -0.497 e. The molecule has 3 rings (SSSR count). The monoisotopic (exact) mass is 412 g/mol. The van der Waals surface area contributed by atoms with Crippen molar-refractivity contribution in [3.8, 4) is 11.5 Å². The molecule has 3 amide bonds. The van der Waals surface area contributed by atoms with E-state index in [-0.39, 0.29) is 11.3 Å². The highest BCUT2D eigenvalue weighted by Crippen LogP contribution is 2.35. The van der Waals surface area contributed by atoms with E-state index in [9.17, 15) is 19.7 Å². The van der Waals surface area contributed by atoms with Crippen molar-refractivity contribution in [2.24, 2.45) is 0 Å². The van der Waals surface area contributed by atoms with Crippen molar-refractivity contribution in [1.82, 2.24) is 10.6 Å². The second-order valence-corrected chi connectivity index (χ2v) is 6.44. The third-order valence-corrected chi connectivity index (χ3v) is 4.60. The first-order chi connectivity index (χ1) is 14.3. The Hall–Kier alpha value is -4.08. The lowest BCUT2D eigenvalue weighted by Gasteiger charge is -2.29. The Labute approximate surface area is 172 Å². The highest BCUT2D eigenvalue weighted by molar-refractivity contribution is 6.06. The molecule has 156 valence electrons. The van der Waals surface area contributed by atoms with E-state index >= 15 is 0 Å². The summed E-state index contributed by atoms with van der Waals surface area (Å²) in [7, 11) is 3.00. The van der Waals surface area contributed by atoms with Crippen LogP contribution in [0.25, 0.3) is 0 Å². The molecule has 0 radical (unpaired) electrons. The zero-order chi connectivity index (χ0) is 21.8. The Balaban J connectivity index is 1.95. The number of ether oxygens (including phenoxy) is 2. The summed E-state index contributed by atoms with van der Waals surface area (Å²) in [6.07, 6.45) is 0. The van der Waals surface area contributed by atoms with Crippen molar-refractivity contribution in [3.63, 3.8) is 0 Å². The second-order valence-electron chi connectivity index (χ2n) is 6.44. The van der Waals surface area contributed by atoms with Crippen molar-refractivity contribution in [1.29, 1.82) is 0 Å². The lowest BCUT2D eigenvalue weighted by atomic mass is 9.94. The molecule has 0 fully saturated rings. The van der Waals surface area contributed by atoms with Gasteiger partial charge >= 0.3 is 6.03 Å². The summed E-state index contributed by atoms with van der Waals surface area (Å²) in [5.74, 6) is 0.528. The molecule has 0 saturated heterocycles. The summed E-state index contributed by atoms with van der Waals surface area (Å²) in [5, 5.41) is 18.8. The van der Waals surface area contributed by atoms with Crippen LogP contribution in [0.2, 0.25) is 0 Å². The van der Waals surface area contributed by atoms with Crippen LogP contribution in [0.15, 0.2) is 53.7 Å². The maximum Gasteiger partial charge on any atom is 0.319 e. The van der Waals surface area contributed by atoms with E-state index in [0.29, 0.717) is 28.4 Å². The molecule has 0 unspecified atom stereocenters. The van der Waals surface area contributed by atoms with E-state index in [1.54, 1.807) is 25.1 Å². The minimum absolute atomic E-state index is 0.0872. The number of amides is 3. The lowest BCUT2D eigenvalue weighted by Crippen LogP contribution is -2.46. The van der Waals surface area contributed by atoms with Crippen LogP contribution in [-0.2, 0) is 4.79 Å². The quantitative estimate of drug-likeness (QED) is 0.494. The van der Waals surface area contributed by atoms with E-state index in [2.05, 4.69) is 16.0 Å². The van der Waals surface area contributed by atoms with Gasteiger partial charge in [-0.2, -0.15) is 0 Å². The predicted octanol–water partition coefficient (Wildman–Crippen LogP) is 2.88. The number of hydrogen-bond acceptors (Lipinski definition) is 6. The predicted molar refractivity (Wildman–Crippen MR) is 108 cm³/mol. The van der Waals surface area contributed by atoms with Crippen molar-refractivity contribution in [2.45, 2.75) is 13.0 Å². The standard InChI is InChI=1S/C20H20N4O6/c1-11-17(19(25)22-12-4-6-13(7-5-12)24(27)28)18(23-20(26)21-11)15-9-8-14(29-2)10-16(15)30-3/h4-10,18H,1-3H3,(H,22,25)(H2,21,23,26)/t18-/m0/s1. The van der Waals surface area contributed by atoms with Gasteiger partial charge in [-0.1, -0.05) is 0 Å². The zero-order valence-corrected chi connectivity index (χ0v) is 16.5. The highest BCUT2D eigenvalue weighted by Gasteiger charge is 2.33. The molecule has 1 heterocycles. The number of urea groups is 1. The maximum absolute atomic E-state index is 13.1. The lowest BCUT2D eigenvalue weighted by molar-refractivity contribution is -0.384. The Kier molecular flexibility index (Phi) is 5.86. The number of benzene rings is 2. The molecule has 10 heteroatoms. The number of non-ortho nitro benzene ring substituents is 1. The number of carbonyl (C=O) groups excluding carboxylic acids is 2. The van der Waals surface area contributed by atoms with Gasteiger partial charge in [0.1, 0.15) is 11.5 Å². The van der Waals surface area contributed by atoms with Crippen LogP contribution >= 0.6 is 0 Å². The molecule has 1 atom stereocenters. The van der Waals surface area contributed by atoms with Gasteiger partial charge in [-0.15, -0.1) is 0 Å². The molecule has 2 aromatic carbocycles. The van der Waals surface area contributed by atoms with Crippen LogP contribution in [0.5, 0.6) is 11.5 Å². The molecule has 0 saturated carbocycles. The number of nitrogens with one attached hydrogen (secondary N) is 3. The normalized spacial score (nSPS) is 15.7. The average molecular weight is 412 g/mol. The van der Waals surface area contributed by atoms with Crippen molar-refractivity contribution >= 4 is 23.3 Å². The summed E-state index contributed by atoms with van der Waals surface area (Å²) < 4.78 is 10.6. The molecule has 2 aromatic rings. The van der Waals surface area contributed by atoms with Gasteiger partial charge in [-0.25, -0.2) is 4.79 Å². The van der Waals surface area contributed by atoms with Gasteiger partial charge in [-0.05, 0) is 31.2 Å². The molecule has 1 aliphatic rings. The van der Waals surface area contributed by atoms with Crippen LogP contribution in [0.4, 0.5) is 16.2 Å². The maximum atomic E-state index is 13.1. The Bertz CT molecular complexity index is 1030. The summed E-state index contributed by atoms with van der Waals surface area (Å²) in [5.41, 5.74) is 1.51. The first kappa shape index (κ1) is 20.6. The summed E-state index contributed by atoms with van der Waals surface area (Å²) in [6, 6.07) is 9.29. The number of rotatable bonds is 6.